The molecule has 1 heterocycles. The van der Waals surface area contributed by atoms with E-state index >= 15 is 0 Å². The number of aromatic nitrogens is 4. The molecule has 1 aromatic carbocycles. The molecule has 1 aromatic heterocycles. The molecule has 0 aliphatic carbocycles. The van der Waals surface area contributed by atoms with E-state index in [9.17, 15) is 10.1 Å². The van der Waals surface area contributed by atoms with Crippen molar-refractivity contribution in [2.75, 3.05) is 5.73 Å². The number of nitrogens with zero attached hydrogens (tertiary/aromatic N) is 5. The van der Waals surface area contributed by atoms with Crippen LogP contribution < -0.4 is 5.73 Å². The molecule has 0 saturated carbocycles. The Kier molecular flexibility index (Phi) is 2.91. The molecule has 8 nitrogen and oxygen atoms in total. The molecule has 0 atom stereocenters. The Balaban J connectivity index is 2.33. The van der Waals surface area contributed by atoms with Crippen molar-refractivity contribution < 1.29 is 4.92 Å². The molecule has 17 heavy (non-hydrogen) atoms. The lowest BCUT2D eigenvalue weighted by atomic mass is 10.3. The second-order valence-corrected chi connectivity index (χ2v) is 4.25. The van der Waals surface area contributed by atoms with Gasteiger partial charge in [0.05, 0.1) is 4.92 Å². The van der Waals surface area contributed by atoms with Crippen LogP contribution in [0.1, 0.15) is 0 Å². The standard InChI is InChI=1S/C8H8N6O2S/c1-13-8(10-11-12-13)17-7-3-5(9)2-6(4-7)14(15)16/h2-4H,9H2,1H3. The summed E-state index contributed by atoms with van der Waals surface area (Å²) in [6.07, 6.45) is 0. The van der Waals surface area contributed by atoms with E-state index in [0.29, 0.717) is 15.7 Å². The van der Waals surface area contributed by atoms with Gasteiger partial charge in [-0.05, 0) is 28.3 Å². The highest BCUT2D eigenvalue weighted by Gasteiger charge is 2.11. The van der Waals surface area contributed by atoms with Gasteiger partial charge in [0.1, 0.15) is 0 Å². The average Bonchev–Trinajstić information content (AvgIpc) is 2.63. The summed E-state index contributed by atoms with van der Waals surface area (Å²) in [5.74, 6) is 0. The Morgan fingerprint density at radius 2 is 2.24 bits per heavy atom. The molecule has 0 spiro atoms. The number of nitro benzene ring substituents is 1. The normalized spacial score (nSPS) is 10.4. The Morgan fingerprint density at radius 1 is 1.47 bits per heavy atom. The van der Waals surface area contributed by atoms with Crippen molar-refractivity contribution in [3.8, 4) is 0 Å². The second kappa shape index (κ2) is 4.37. The fourth-order valence-electron chi connectivity index (χ4n) is 1.18. The van der Waals surface area contributed by atoms with E-state index in [-0.39, 0.29) is 5.69 Å². The van der Waals surface area contributed by atoms with E-state index < -0.39 is 4.92 Å². The summed E-state index contributed by atoms with van der Waals surface area (Å²) in [5.41, 5.74) is 5.87. The van der Waals surface area contributed by atoms with Gasteiger partial charge in [-0.15, -0.1) is 5.10 Å². The average molecular weight is 252 g/mol. The van der Waals surface area contributed by atoms with Gasteiger partial charge in [0.25, 0.3) is 5.69 Å². The molecular weight excluding hydrogens is 244 g/mol. The molecule has 0 fully saturated rings. The van der Waals surface area contributed by atoms with Crippen molar-refractivity contribution >= 4 is 23.1 Å². The van der Waals surface area contributed by atoms with Gasteiger partial charge in [-0.1, -0.05) is 0 Å². The van der Waals surface area contributed by atoms with E-state index in [1.54, 1.807) is 13.1 Å². The summed E-state index contributed by atoms with van der Waals surface area (Å²) in [5, 5.41) is 22.1. The minimum absolute atomic E-state index is 0.0531. The van der Waals surface area contributed by atoms with Crippen LogP contribution >= 0.6 is 11.8 Å². The molecule has 9 heteroatoms. The molecule has 0 saturated heterocycles. The van der Waals surface area contributed by atoms with Crippen LogP contribution in [-0.4, -0.2) is 25.1 Å². The first kappa shape index (κ1) is 11.3. The van der Waals surface area contributed by atoms with Crippen LogP contribution in [0.25, 0.3) is 0 Å². The number of hydrogen-bond acceptors (Lipinski definition) is 7. The van der Waals surface area contributed by atoms with Crippen molar-refractivity contribution in [2.45, 2.75) is 10.1 Å². The first-order valence-corrected chi connectivity index (χ1v) is 5.33. The SMILES string of the molecule is Cn1nnnc1Sc1cc(N)cc([N+](=O)[O-])c1. The third-order valence-electron chi connectivity index (χ3n) is 1.91. The minimum atomic E-state index is -0.491. The molecule has 0 aliphatic rings. The van der Waals surface area contributed by atoms with Crippen LogP contribution in [0.5, 0.6) is 0 Å². The topological polar surface area (TPSA) is 113 Å². The van der Waals surface area contributed by atoms with Gasteiger partial charge in [0.2, 0.25) is 5.16 Å². The monoisotopic (exact) mass is 252 g/mol. The lowest BCUT2D eigenvalue weighted by Crippen LogP contribution is -1.94. The van der Waals surface area contributed by atoms with Crippen molar-refractivity contribution in [3.63, 3.8) is 0 Å². The van der Waals surface area contributed by atoms with E-state index in [2.05, 4.69) is 15.5 Å². The van der Waals surface area contributed by atoms with E-state index in [1.165, 1.54) is 28.6 Å². The van der Waals surface area contributed by atoms with Crippen LogP contribution in [0.3, 0.4) is 0 Å². The van der Waals surface area contributed by atoms with Crippen LogP contribution in [0.2, 0.25) is 0 Å². The number of benzene rings is 1. The third-order valence-corrected chi connectivity index (χ3v) is 2.91. The number of hydrogen-bond donors (Lipinski definition) is 1. The van der Waals surface area contributed by atoms with E-state index in [0.717, 1.165) is 0 Å². The zero-order valence-corrected chi connectivity index (χ0v) is 9.59. The quantitative estimate of drug-likeness (QED) is 0.489. The Hall–Kier alpha value is -2.16. The molecule has 2 aromatic rings. The number of tetrazole rings is 1. The van der Waals surface area contributed by atoms with Crippen molar-refractivity contribution in [1.82, 2.24) is 20.2 Å². The summed E-state index contributed by atoms with van der Waals surface area (Å²) in [6, 6.07) is 4.36. The molecule has 88 valence electrons. The maximum absolute atomic E-state index is 10.7. The predicted molar refractivity (Wildman–Crippen MR) is 60.4 cm³/mol. The maximum Gasteiger partial charge on any atom is 0.272 e. The van der Waals surface area contributed by atoms with Crippen LogP contribution in [-0.2, 0) is 7.05 Å². The molecule has 0 unspecified atom stereocenters. The Bertz CT molecular complexity index is 569. The molecule has 2 rings (SSSR count). The van der Waals surface area contributed by atoms with Gasteiger partial charge >= 0.3 is 0 Å². The number of aryl methyl sites for hydroxylation is 1. The number of nitrogen functional groups attached to an aromatic ring is 1. The largest absolute Gasteiger partial charge is 0.398 e. The molecule has 0 bridgehead atoms. The number of nitro groups is 1. The highest BCUT2D eigenvalue weighted by Crippen LogP contribution is 2.30. The molecule has 2 N–H and O–H groups in total. The molecular formula is C8H8N6O2S. The van der Waals surface area contributed by atoms with Gasteiger partial charge in [-0.25, -0.2) is 4.68 Å². The van der Waals surface area contributed by atoms with E-state index in [4.69, 9.17) is 5.73 Å². The number of non-ortho nitro benzene ring substituents is 1. The zero-order valence-electron chi connectivity index (χ0n) is 8.77. The van der Waals surface area contributed by atoms with Crippen LogP contribution in [0.15, 0.2) is 28.3 Å². The van der Waals surface area contributed by atoms with Gasteiger partial charge in [-0.3, -0.25) is 10.1 Å². The minimum Gasteiger partial charge on any atom is -0.398 e. The van der Waals surface area contributed by atoms with Crippen molar-refractivity contribution in [2.24, 2.45) is 7.05 Å². The fourth-order valence-corrected chi connectivity index (χ4v) is 2.01. The van der Waals surface area contributed by atoms with Gasteiger partial charge in [-0.2, -0.15) is 0 Å². The molecule has 0 aliphatic heterocycles. The fraction of sp³-hybridized carbons (Fsp3) is 0.125. The molecule has 0 amide bonds. The summed E-state index contributed by atoms with van der Waals surface area (Å²) < 4.78 is 1.47. The summed E-state index contributed by atoms with van der Waals surface area (Å²) in [7, 11) is 1.68. The Labute approximate surface area is 100.0 Å². The third kappa shape index (κ3) is 2.50. The first-order chi connectivity index (χ1) is 8.06. The van der Waals surface area contributed by atoms with Gasteiger partial charge < -0.3 is 5.73 Å². The predicted octanol–water partition coefficient (Wildman–Crippen LogP) is 0.852. The van der Waals surface area contributed by atoms with Gasteiger partial charge in [0.15, 0.2) is 0 Å². The van der Waals surface area contributed by atoms with Crippen molar-refractivity contribution in [3.05, 3.63) is 28.3 Å². The van der Waals surface area contributed by atoms with Crippen molar-refractivity contribution in [1.29, 1.82) is 0 Å². The zero-order chi connectivity index (χ0) is 12.4. The number of nitrogens with two attached hydrogens (primary N) is 1. The summed E-state index contributed by atoms with van der Waals surface area (Å²) in [4.78, 5) is 10.8. The van der Waals surface area contributed by atoms with E-state index in [1.807, 2.05) is 0 Å². The summed E-state index contributed by atoms with van der Waals surface area (Å²) in [6.45, 7) is 0. The molecule has 0 radical (unpaired) electrons. The van der Waals surface area contributed by atoms with Gasteiger partial charge in [0, 0.05) is 29.8 Å². The highest BCUT2D eigenvalue weighted by molar-refractivity contribution is 7.99. The Morgan fingerprint density at radius 3 is 2.82 bits per heavy atom. The lowest BCUT2D eigenvalue weighted by Gasteiger charge is -2.01. The maximum atomic E-state index is 10.7. The van der Waals surface area contributed by atoms with Crippen LogP contribution in [0.4, 0.5) is 11.4 Å². The second-order valence-electron chi connectivity index (χ2n) is 3.20. The number of anilines is 1. The first-order valence-electron chi connectivity index (χ1n) is 4.51. The lowest BCUT2D eigenvalue weighted by molar-refractivity contribution is -0.385. The highest BCUT2D eigenvalue weighted by atomic mass is 32.2. The number of rotatable bonds is 3. The van der Waals surface area contributed by atoms with Crippen LogP contribution in [0, 0.1) is 10.1 Å². The smallest absolute Gasteiger partial charge is 0.272 e. The summed E-state index contributed by atoms with van der Waals surface area (Å²) >= 11 is 1.21.